The molecule has 0 heterocycles. The van der Waals surface area contributed by atoms with Crippen LogP contribution in [0, 0.1) is 0 Å². The van der Waals surface area contributed by atoms with Crippen molar-refractivity contribution in [3.63, 3.8) is 0 Å². The molecule has 1 aromatic carbocycles. The van der Waals surface area contributed by atoms with E-state index in [2.05, 4.69) is 0 Å². The number of Topliss-reactive ketones (excluding diaryl/α,β-unsaturated/α-hetero) is 1. The van der Waals surface area contributed by atoms with Gasteiger partial charge in [0.2, 0.25) is 0 Å². The molecule has 0 saturated heterocycles. The first-order chi connectivity index (χ1) is 8.19. The number of ether oxygens (including phenoxy) is 2. The van der Waals surface area contributed by atoms with Gasteiger partial charge < -0.3 is 15.2 Å². The predicted octanol–water partition coefficient (Wildman–Crippen LogP) is 1.80. The number of benzene rings is 1. The van der Waals surface area contributed by atoms with Gasteiger partial charge in [-0.3, -0.25) is 4.79 Å². The quantitative estimate of drug-likeness (QED) is 0.766. The molecule has 0 aliphatic heterocycles. The third-order valence-corrected chi connectivity index (χ3v) is 2.67. The van der Waals surface area contributed by atoms with Gasteiger partial charge in [-0.15, -0.1) is 0 Å². The zero-order chi connectivity index (χ0) is 12.8. The van der Waals surface area contributed by atoms with Gasteiger partial charge in [0.1, 0.15) is 0 Å². The van der Waals surface area contributed by atoms with Gasteiger partial charge in [0, 0.05) is 17.5 Å². The molecule has 0 radical (unpaired) electrons. The van der Waals surface area contributed by atoms with Gasteiger partial charge in [-0.05, 0) is 25.1 Å². The van der Waals surface area contributed by atoms with E-state index in [4.69, 9.17) is 15.2 Å². The summed E-state index contributed by atoms with van der Waals surface area (Å²) in [5.74, 6) is 1.33. The molecule has 1 aromatic rings. The summed E-state index contributed by atoms with van der Waals surface area (Å²) in [6.45, 7) is 2.34. The van der Waals surface area contributed by atoms with Crippen LogP contribution in [0.25, 0.3) is 0 Å². The van der Waals surface area contributed by atoms with Gasteiger partial charge in [0.05, 0.1) is 14.2 Å². The SMILES string of the molecule is CCc1c(C(=O)CCN)ccc(OC)c1OC. The minimum absolute atomic E-state index is 0.0466. The maximum atomic E-state index is 11.9. The van der Waals surface area contributed by atoms with Gasteiger partial charge in [-0.1, -0.05) is 6.92 Å². The van der Waals surface area contributed by atoms with E-state index in [-0.39, 0.29) is 5.78 Å². The molecule has 0 spiro atoms. The molecule has 0 aliphatic rings. The van der Waals surface area contributed by atoms with Gasteiger partial charge in [0.15, 0.2) is 17.3 Å². The summed E-state index contributed by atoms with van der Waals surface area (Å²) < 4.78 is 10.5. The predicted molar refractivity (Wildman–Crippen MR) is 66.9 cm³/mol. The van der Waals surface area contributed by atoms with E-state index >= 15 is 0 Å². The molecule has 0 bridgehead atoms. The van der Waals surface area contributed by atoms with E-state index < -0.39 is 0 Å². The Labute approximate surface area is 102 Å². The molecular formula is C13H19NO3. The molecule has 94 valence electrons. The lowest BCUT2D eigenvalue weighted by Crippen LogP contribution is -2.11. The van der Waals surface area contributed by atoms with Gasteiger partial charge in [-0.2, -0.15) is 0 Å². The number of hydrogen-bond donors (Lipinski definition) is 1. The van der Waals surface area contributed by atoms with Crippen molar-refractivity contribution in [3.05, 3.63) is 23.3 Å². The van der Waals surface area contributed by atoms with Crippen molar-refractivity contribution in [3.8, 4) is 11.5 Å². The van der Waals surface area contributed by atoms with Crippen molar-refractivity contribution in [2.75, 3.05) is 20.8 Å². The largest absolute Gasteiger partial charge is 0.493 e. The number of carbonyl (C=O) groups is 1. The second kappa shape index (κ2) is 6.25. The van der Waals surface area contributed by atoms with Crippen LogP contribution >= 0.6 is 0 Å². The van der Waals surface area contributed by atoms with E-state index in [9.17, 15) is 4.79 Å². The van der Waals surface area contributed by atoms with Crippen LogP contribution in [0.5, 0.6) is 11.5 Å². The highest BCUT2D eigenvalue weighted by atomic mass is 16.5. The van der Waals surface area contributed by atoms with Gasteiger partial charge in [-0.25, -0.2) is 0 Å². The van der Waals surface area contributed by atoms with Gasteiger partial charge >= 0.3 is 0 Å². The van der Waals surface area contributed by atoms with Crippen molar-refractivity contribution >= 4 is 5.78 Å². The number of methoxy groups -OCH3 is 2. The molecule has 0 amide bonds. The maximum Gasteiger partial charge on any atom is 0.164 e. The zero-order valence-corrected chi connectivity index (χ0v) is 10.6. The second-order valence-corrected chi connectivity index (χ2v) is 3.64. The highest BCUT2D eigenvalue weighted by Crippen LogP contribution is 2.34. The van der Waals surface area contributed by atoms with Crippen molar-refractivity contribution in [1.82, 2.24) is 0 Å². The lowest BCUT2D eigenvalue weighted by Gasteiger charge is -2.15. The van der Waals surface area contributed by atoms with Crippen molar-refractivity contribution in [2.45, 2.75) is 19.8 Å². The van der Waals surface area contributed by atoms with Crippen LogP contribution in [0.3, 0.4) is 0 Å². The second-order valence-electron chi connectivity index (χ2n) is 3.64. The molecular weight excluding hydrogens is 218 g/mol. The summed E-state index contributed by atoms with van der Waals surface area (Å²) in [5, 5.41) is 0. The molecule has 4 heteroatoms. The topological polar surface area (TPSA) is 61.6 Å². The van der Waals surface area contributed by atoms with Crippen molar-refractivity contribution < 1.29 is 14.3 Å². The van der Waals surface area contributed by atoms with Crippen LogP contribution in [-0.2, 0) is 6.42 Å². The van der Waals surface area contributed by atoms with Crippen LogP contribution in [-0.4, -0.2) is 26.5 Å². The minimum Gasteiger partial charge on any atom is -0.493 e. The van der Waals surface area contributed by atoms with E-state index in [1.165, 1.54) is 0 Å². The Kier molecular flexibility index (Phi) is 4.97. The Hall–Kier alpha value is -1.55. The first-order valence-corrected chi connectivity index (χ1v) is 5.66. The van der Waals surface area contributed by atoms with E-state index in [1.807, 2.05) is 6.92 Å². The Morgan fingerprint density at radius 3 is 2.47 bits per heavy atom. The average molecular weight is 237 g/mol. The maximum absolute atomic E-state index is 11.9. The third-order valence-electron chi connectivity index (χ3n) is 2.67. The Bertz CT molecular complexity index is 402. The molecule has 0 fully saturated rings. The molecule has 4 nitrogen and oxygen atoms in total. The number of hydrogen-bond acceptors (Lipinski definition) is 4. The molecule has 0 atom stereocenters. The molecule has 0 aromatic heterocycles. The molecule has 0 aliphatic carbocycles. The molecule has 0 saturated carbocycles. The van der Waals surface area contributed by atoms with Crippen LogP contribution in [0.15, 0.2) is 12.1 Å². The fraction of sp³-hybridized carbons (Fsp3) is 0.462. The minimum atomic E-state index is 0.0466. The van der Waals surface area contributed by atoms with Crippen molar-refractivity contribution in [2.24, 2.45) is 5.73 Å². The van der Waals surface area contributed by atoms with Crippen LogP contribution in [0.4, 0.5) is 0 Å². The van der Waals surface area contributed by atoms with Crippen LogP contribution in [0.2, 0.25) is 0 Å². The molecule has 0 unspecified atom stereocenters. The standard InChI is InChI=1S/C13H19NO3/c1-4-9-10(11(15)7-8-14)5-6-12(16-2)13(9)17-3/h5-6H,4,7-8,14H2,1-3H3. The fourth-order valence-electron chi connectivity index (χ4n) is 1.87. The summed E-state index contributed by atoms with van der Waals surface area (Å²) in [5.41, 5.74) is 6.96. The van der Waals surface area contributed by atoms with Crippen LogP contribution in [0.1, 0.15) is 29.3 Å². The molecule has 17 heavy (non-hydrogen) atoms. The molecule has 2 N–H and O–H groups in total. The average Bonchev–Trinajstić information content (AvgIpc) is 2.36. The van der Waals surface area contributed by atoms with Crippen molar-refractivity contribution in [1.29, 1.82) is 0 Å². The fourth-order valence-corrected chi connectivity index (χ4v) is 1.87. The van der Waals surface area contributed by atoms with E-state index in [0.29, 0.717) is 36.4 Å². The van der Waals surface area contributed by atoms with E-state index in [1.54, 1.807) is 26.4 Å². The van der Waals surface area contributed by atoms with Crippen LogP contribution < -0.4 is 15.2 Å². The summed E-state index contributed by atoms with van der Waals surface area (Å²) in [4.78, 5) is 11.9. The first kappa shape index (κ1) is 13.5. The Morgan fingerprint density at radius 2 is 2.00 bits per heavy atom. The lowest BCUT2D eigenvalue weighted by molar-refractivity contribution is 0.0984. The van der Waals surface area contributed by atoms with E-state index in [0.717, 1.165) is 5.56 Å². The summed E-state index contributed by atoms with van der Waals surface area (Å²) >= 11 is 0. The number of carbonyl (C=O) groups excluding carboxylic acids is 1. The highest BCUT2D eigenvalue weighted by molar-refractivity contribution is 5.98. The summed E-state index contributed by atoms with van der Waals surface area (Å²) in [6, 6.07) is 3.53. The smallest absolute Gasteiger partial charge is 0.164 e. The number of nitrogens with two attached hydrogens (primary N) is 1. The third kappa shape index (κ3) is 2.77. The normalized spacial score (nSPS) is 10.1. The summed E-state index contributed by atoms with van der Waals surface area (Å²) in [6.07, 6.45) is 1.06. The number of ketones is 1. The lowest BCUT2D eigenvalue weighted by atomic mass is 9.98. The van der Waals surface area contributed by atoms with Gasteiger partial charge in [0.25, 0.3) is 0 Å². The first-order valence-electron chi connectivity index (χ1n) is 5.66. The zero-order valence-electron chi connectivity index (χ0n) is 10.6. The highest BCUT2D eigenvalue weighted by Gasteiger charge is 2.17. The Balaban J connectivity index is 3.27. The molecule has 1 rings (SSSR count). The Morgan fingerprint density at radius 1 is 1.29 bits per heavy atom. The summed E-state index contributed by atoms with van der Waals surface area (Å²) in [7, 11) is 3.16. The monoisotopic (exact) mass is 237 g/mol. The number of rotatable bonds is 6.